The monoisotopic (exact) mass is 292 g/mol. The van der Waals surface area contributed by atoms with Gasteiger partial charge >= 0.3 is 5.69 Å². The maximum atomic E-state index is 12.2. The second kappa shape index (κ2) is 4.66. The molecule has 0 aromatic carbocycles. The first-order valence-electron chi connectivity index (χ1n) is 6.70. The summed E-state index contributed by atoms with van der Waals surface area (Å²) in [4.78, 5) is 31.7. The van der Waals surface area contributed by atoms with E-state index in [0.717, 1.165) is 23.2 Å². The quantitative estimate of drug-likeness (QED) is 0.805. The molecule has 0 bridgehead atoms. The van der Waals surface area contributed by atoms with E-state index in [1.807, 2.05) is 0 Å². The Hall–Kier alpha value is -1.76. The maximum absolute atomic E-state index is 12.2. The van der Waals surface area contributed by atoms with Gasteiger partial charge in [-0.05, 0) is 12.8 Å². The molecule has 106 valence electrons. The number of fused-ring (bicyclic) bond motifs is 1. The third kappa shape index (κ3) is 1.84. The molecule has 1 aliphatic rings. The van der Waals surface area contributed by atoms with E-state index in [0.29, 0.717) is 17.0 Å². The molecule has 1 aliphatic carbocycles. The average Bonchev–Trinajstić information content (AvgIpc) is 2.96. The van der Waals surface area contributed by atoms with E-state index in [9.17, 15) is 9.59 Å². The molecule has 2 aromatic heterocycles. The summed E-state index contributed by atoms with van der Waals surface area (Å²) in [6, 6.07) is 0. The number of nitrogens with zero attached hydrogens (tertiary/aromatic N) is 3. The summed E-state index contributed by atoms with van der Waals surface area (Å²) >= 11 is 5.27. The summed E-state index contributed by atoms with van der Waals surface area (Å²) < 4.78 is 2.76. The van der Waals surface area contributed by atoms with Crippen LogP contribution >= 0.6 is 12.2 Å². The van der Waals surface area contributed by atoms with Crippen LogP contribution in [0.4, 0.5) is 0 Å². The SMILES string of the molecule is Cn1c(=O)c2c(=S)nc(C3CCCC3)[nH]c2n(C)c1=O. The number of aromatic nitrogens is 4. The molecule has 0 saturated heterocycles. The summed E-state index contributed by atoms with van der Waals surface area (Å²) in [5.41, 5.74) is -0.286. The van der Waals surface area contributed by atoms with Crippen molar-refractivity contribution >= 4 is 23.3 Å². The van der Waals surface area contributed by atoms with Crippen molar-refractivity contribution in [3.05, 3.63) is 31.3 Å². The van der Waals surface area contributed by atoms with Crippen molar-refractivity contribution in [3.63, 3.8) is 0 Å². The smallest absolute Gasteiger partial charge is 0.329 e. The fourth-order valence-electron chi connectivity index (χ4n) is 2.89. The van der Waals surface area contributed by atoms with E-state index in [4.69, 9.17) is 12.2 Å². The Morgan fingerprint density at radius 1 is 1.20 bits per heavy atom. The summed E-state index contributed by atoms with van der Waals surface area (Å²) in [7, 11) is 3.08. The summed E-state index contributed by atoms with van der Waals surface area (Å²) in [6.07, 6.45) is 4.51. The van der Waals surface area contributed by atoms with Gasteiger partial charge in [0.15, 0.2) is 0 Å². The minimum absolute atomic E-state index is 0.275. The van der Waals surface area contributed by atoms with E-state index < -0.39 is 5.56 Å². The van der Waals surface area contributed by atoms with Crippen LogP contribution in [-0.4, -0.2) is 19.1 Å². The van der Waals surface area contributed by atoms with E-state index in [1.54, 1.807) is 7.05 Å². The zero-order chi connectivity index (χ0) is 14.4. The van der Waals surface area contributed by atoms with Crippen molar-refractivity contribution in [2.75, 3.05) is 0 Å². The van der Waals surface area contributed by atoms with Gasteiger partial charge < -0.3 is 4.98 Å². The molecule has 0 spiro atoms. The third-order valence-electron chi connectivity index (χ3n) is 4.09. The highest BCUT2D eigenvalue weighted by atomic mass is 32.1. The van der Waals surface area contributed by atoms with Crippen LogP contribution in [0.5, 0.6) is 0 Å². The standard InChI is InChI=1S/C13H16N4O2S/c1-16-10-8(12(18)17(2)13(16)19)11(20)15-9(14-10)7-5-3-4-6-7/h7H,3-6H2,1-2H3,(H,14,15,20). The zero-order valence-electron chi connectivity index (χ0n) is 11.5. The molecular weight excluding hydrogens is 276 g/mol. The summed E-state index contributed by atoms with van der Waals surface area (Å²) in [5, 5.41) is 0.311. The van der Waals surface area contributed by atoms with Crippen LogP contribution in [0.2, 0.25) is 0 Å². The van der Waals surface area contributed by atoms with E-state index >= 15 is 0 Å². The molecule has 0 aliphatic heterocycles. The molecule has 3 rings (SSSR count). The van der Waals surface area contributed by atoms with Gasteiger partial charge in [-0.25, -0.2) is 9.78 Å². The minimum Gasteiger partial charge on any atom is -0.329 e. The van der Waals surface area contributed by atoms with Crippen LogP contribution in [0.1, 0.15) is 37.4 Å². The van der Waals surface area contributed by atoms with Crippen LogP contribution in [0.25, 0.3) is 11.0 Å². The summed E-state index contributed by atoms with van der Waals surface area (Å²) in [5.74, 6) is 1.14. The molecule has 2 heterocycles. The molecule has 7 heteroatoms. The van der Waals surface area contributed by atoms with Crippen LogP contribution in [0.3, 0.4) is 0 Å². The molecular formula is C13H16N4O2S. The predicted octanol–water partition coefficient (Wildman–Crippen LogP) is 1.35. The lowest BCUT2D eigenvalue weighted by molar-refractivity contribution is 0.657. The molecule has 0 radical (unpaired) electrons. The van der Waals surface area contributed by atoms with Crippen molar-refractivity contribution in [3.8, 4) is 0 Å². The van der Waals surface area contributed by atoms with E-state index in [-0.39, 0.29) is 10.3 Å². The fraction of sp³-hybridized carbons (Fsp3) is 0.538. The highest BCUT2D eigenvalue weighted by Crippen LogP contribution is 2.32. The molecule has 1 saturated carbocycles. The first-order valence-corrected chi connectivity index (χ1v) is 7.11. The van der Waals surface area contributed by atoms with Crippen molar-refractivity contribution in [1.29, 1.82) is 0 Å². The minimum atomic E-state index is -0.394. The average molecular weight is 292 g/mol. The first kappa shape index (κ1) is 13.2. The van der Waals surface area contributed by atoms with Crippen LogP contribution in [0, 0.1) is 4.64 Å². The number of aromatic amines is 1. The number of hydrogen-bond donors (Lipinski definition) is 1. The third-order valence-corrected chi connectivity index (χ3v) is 4.38. The molecule has 2 aromatic rings. The molecule has 1 N–H and O–H groups in total. The maximum Gasteiger partial charge on any atom is 0.332 e. The van der Waals surface area contributed by atoms with Crippen molar-refractivity contribution in [2.24, 2.45) is 14.1 Å². The van der Waals surface area contributed by atoms with Gasteiger partial charge in [-0.3, -0.25) is 13.9 Å². The highest BCUT2D eigenvalue weighted by molar-refractivity contribution is 7.71. The molecule has 20 heavy (non-hydrogen) atoms. The summed E-state index contributed by atoms with van der Waals surface area (Å²) in [6.45, 7) is 0. The second-order valence-corrected chi connectivity index (χ2v) is 5.72. The lowest BCUT2D eigenvalue weighted by Gasteiger charge is -2.12. The Balaban J connectivity index is 2.40. The first-order chi connectivity index (χ1) is 9.50. The molecule has 1 fully saturated rings. The van der Waals surface area contributed by atoms with Gasteiger partial charge in [0, 0.05) is 20.0 Å². The topological polar surface area (TPSA) is 72.7 Å². The van der Waals surface area contributed by atoms with Crippen LogP contribution < -0.4 is 11.2 Å². The van der Waals surface area contributed by atoms with Gasteiger partial charge in [-0.15, -0.1) is 0 Å². The Morgan fingerprint density at radius 3 is 2.50 bits per heavy atom. The van der Waals surface area contributed by atoms with Gasteiger partial charge in [0.2, 0.25) is 0 Å². The normalized spacial score (nSPS) is 16.1. The number of aryl methyl sites for hydroxylation is 1. The van der Waals surface area contributed by atoms with Crippen molar-refractivity contribution in [1.82, 2.24) is 19.1 Å². The van der Waals surface area contributed by atoms with Gasteiger partial charge in [-0.1, -0.05) is 25.1 Å². The Morgan fingerprint density at radius 2 is 1.85 bits per heavy atom. The van der Waals surface area contributed by atoms with Gasteiger partial charge in [0.25, 0.3) is 5.56 Å². The van der Waals surface area contributed by atoms with Crippen molar-refractivity contribution < 1.29 is 0 Å². The molecule has 0 unspecified atom stereocenters. The van der Waals surface area contributed by atoms with Crippen LogP contribution in [-0.2, 0) is 14.1 Å². The van der Waals surface area contributed by atoms with Gasteiger partial charge in [0.05, 0.1) is 0 Å². The van der Waals surface area contributed by atoms with Gasteiger partial charge in [0.1, 0.15) is 21.5 Å². The molecule has 6 nitrogen and oxygen atoms in total. The number of H-pyrrole nitrogens is 1. The lowest BCUT2D eigenvalue weighted by atomic mass is 10.1. The van der Waals surface area contributed by atoms with E-state index in [2.05, 4.69) is 9.97 Å². The Labute approximate surface area is 120 Å². The molecule has 0 amide bonds. The van der Waals surface area contributed by atoms with Gasteiger partial charge in [-0.2, -0.15) is 0 Å². The zero-order valence-corrected chi connectivity index (χ0v) is 12.3. The highest BCUT2D eigenvalue weighted by Gasteiger charge is 2.21. The lowest BCUT2D eigenvalue weighted by Crippen LogP contribution is -2.37. The fourth-order valence-corrected chi connectivity index (χ4v) is 3.17. The number of hydrogen-bond acceptors (Lipinski definition) is 4. The van der Waals surface area contributed by atoms with E-state index in [1.165, 1.54) is 24.5 Å². The molecule has 0 atom stereocenters. The second-order valence-electron chi connectivity index (χ2n) is 5.34. The van der Waals surface area contributed by atoms with Crippen LogP contribution in [0.15, 0.2) is 9.59 Å². The Bertz CT molecular complexity index is 856. The predicted molar refractivity (Wildman–Crippen MR) is 78.6 cm³/mol. The van der Waals surface area contributed by atoms with Crippen molar-refractivity contribution in [2.45, 2.75) is 31.6 Å². The largest absolute Gasteiger partial charge is 0.332 e. The number of nitrogens with one attached hydrogen (secondary N) is 1. The number of rotatable bonds is 1. The Kier molecular flexibility index (Phi) is 3.08.